The molecule has 0 fully saturated rings. The zero-order valence-corrected chi connectivity index (χ0v) is 13.9. The van der Waals surface area contributed by atoms with Crippen LogP contribution in [0.3, 0.4) is 0 Å². The third-order valence-corrected chi connectivity index (χ3v) is 4.60. The summed E-state index contributed by atoms with van der Waals surface area (Å²) in [6.45, 7) is 4.25. The first-order valence-corrected chi connectivity index (χ1v) is 8.00. The van der Waals surface area contributed by atoms with Gasteiger partial charge in [-0.3, -0.25) is 0 Å². The Morgan fingerprint density at radius 3 is 2.45 bits per heavy atom. The number of rotatable bonds is 4. The summed E-state index contributed by atoms with van der Waals surface area (Å²) >= 11 is 9.84. The van der Waals surface area contributed by atoms with Crippen LogP contribution in [0.15, 0.2) is 40.9 Å². The molecule has 0 aliphatic rings. The Balaban J connectivity index is 2.45. The standard InChI is InChI=1S/C17H17BrClF/c1-3-11-5-6-12(4-2)14(9-11)17(19)13-7-8-16(20)15(18)10-13/h5-10,17H,3-4H2,1-2H3. The van der Waals surface area contributed by atoms with E-state index in [9.17, 15) is 4.39 Å². The molecule has 0 saturated carbocycles. The number of benzene rings is 2. The molecule has 2 rings (SSSR count). The van der Waals surface area contributed by atoms with Gasteiger partial charge in [0.05, 0.1) is 9.85 Å². The minimum absolute atomic E-state index is 0.256. The second-order valence-corrected chi connectivity index (χ2v) is 6.07. The highest BCUT2D eigenvalue weighted by molar-refractivity contribution is 9.10. The van der Waals surface area contributed by atoms with Gasteiger partial charge in [0, 0.05) is 0 Å². The topological polar surface area (TPSA) is 0 Å². The number of hydrogen-bond donors (Lipinski definition) is 0. The largest absolute Gasteiger partial charge is 0.206 e. The van der Waals surface area contributed by atoms with Crippen molar-refractivity contribution >= 4 is 27.5 Å². The molecule has 0 amide bonds. The van der Waals surface area contributed by atoms with E-state index < -0.39 is 0 Å². The van der Waals surface area contributed by atoms with E-state index in [4.69, 9.17) is 11.6 Å². The summed E-state index contributed by atoms with van der Waals surface area (Å²) in [6.07, 6.45) is 1.92. The van der Waals surface area contributed by atoms with Crippen LogP contribution in [0.25, 0.3) is 0 Å². The molecular formula is C17H17BrClF. The average molecular weight is 356 g/mol. The van der Waals surface area contributed by atoms with Gasteiger partial charge in [0.25, 0.3) is 0 Å². The predicted molar refractivity (Wildman–Crippen MR) is 87.0 cm³/mol. The zero-order chi connectivity index (χ0) is 14.7. The van der Waals surface area contributed by atoms with Gasteiger partial charge >= 0.3 is 0 Å². The van der Waals surface area contributed by atoms with E-state index in [1.807, 2.05) is 0 Å². The maximum absolute atomic E-state index is 13.3. The van der Waals surface area contributed by atoms with Crippen LogP contribution in [0.5, 0.6) is 0 Å². The summed E-state index contributed by atoms with van der Waals surface area (Å²) in [7, 11) is 0. The Kier molecular flexibility index (Phi) is 5.22. The Hall–Kier alpha value is -0.860. The fourth-order valence-electron chi connectivity index (χ4n) is 2.27. The smallest absolute Gasteiger partial charge is 0.137 e. The first kappa shape index (κ1) is 15.5. The van der Waals surface area contributed by atoms with Crippen LogP contribution in [0.1, 0.15) is 41.5 Å². The van der Waals surface area contributed by atoms with Gasteiger partial charge in [0.15, 0.2) is 0 Å². The van der Waals surface area contributed by atoms with Gasteiger partial charge in [-0.15, -0.1) is 11.6 Å². The lowest BCUT2D eigenvalue weighted by Crippen LogP contribution is -2.00. The van der Waals surface area contributed by atoms with E-state index in [1.54, 1.807) is 12.1 Å². The van der Waals surface area contributed by atoms with E-state index in [0.29, 0.717) is 4.47 Å². The van der Waals surface area contributed by atoms with Crippen molar-refractivity contribution in [3.63, 3.8) is 0 Å². The summed E-state index contributed by atoms with van der Waals surface area (Å²) < 4.78 is 13.8. The van der Waals surface area contributed by atoms with Crippen LogP contribution in [-0.4, -0.2) is 0 Å². The van der Waals surface area contributed by atoms with E-state index in [2.05, 4.69) is 48.0 Å². The molecule has 3 heteroatoms. The maximum Gasteiger partial charge on any atom is 0.137 e. The molecular weight excluding hydrogens is 339 g/mol. The molecule has 0 nitrogen and oxygen atoms in total. The molecule has 0 aromatic heterocycles. The summed E-state index contributed by atoms with van der Waals surface area (Å²) in [5.74, 6) is -0.268. The van der Waals surface area contributed by atoms with Crippen molar-refractivity contribution in [3.8, 4) is 0 Å². The third-order valence-electron chi connectivity index (χ3n) is 3.51. The molecule has 0 spiro atoms. The highest BCUT2D eigenvalue weighted by atomic mass is 79.9. The quantitative estimate of drug-likeness (QED) is 0.586. The lowest BCUT2D eigenvalue weighted by atomic mass is 9.95. The lowest BCUT2D eigenvalue weighted by molar-refractivity contribution is 0.620. The number of hydrogen-bond acceptors (Lipinski definition) is 0. The number of alkyl halides is 1. The SMILES string of the molecule is CCc1ccc(CC)c(C(Cl)c2ccc(F)c(Br)c2)c1. The Morgan fingerprint density at radius 1 is 1.10 bits per heavy atom. The molecule has 106 valence electrons. The minimum atomic E-state index is -0.268. The van der Waals surface area contributed by atoms with Gasteiger partial charge in [-0.2, -0.15) is 0 Å². The van der Waals surface area contributed by atoms with Crippen molar-refractivity contribution in [2.45, 2.75) is 32.1 Å². The zero-order valence-electron chi connectivity index (χ0n) is 11.6. The minimum Gasteiger partial charge on any atom is -0.206 e. The normalized spacial score (nSPS) is 12.4. The summed E-state index contributed by atoms with van der Waals surface area (Å²) in [5.41, 5.74) is 4.53. The second kappa shape index (κ2) is 6.73. The third kappa shape index (κ3) is 3.24. The Bertz CT molecular complexity index is 610. The molecule has 1 unspecified atom stereocenters. The molecule has 1 atom stereocenters. The van der Waals surface area contributed by atoms with E-state index in [1.165, 1.54) is 17.2 Å². The Morgan fingerprint density at radius 2 is 1.85 bits per heavy atom. The van der Waals surface area contributed by atoms with Gasteiger partial charge in [0.1, 0.15) is 5.82 Å². The fraction of sp³-hybridized carbons (Fsp3) is 0.294. The highest BCUT2D eigenvalue weighted by Gasteiger charge is 2.16. The fourth-order valence-corrected chi connectivity index (χ4v) is 3.01. The monoisotopic (exact) mass is 354 g/mol. The molecule has 0 bridgehead atoms. The molecule has 0 heterocycles. The summed E-state index contributed by atoms with van der Waals surface area (Å²) in [5, 5.41) is -0.256. The van der Waals surface area contributed by atoms with E-state index >= 15 is 0 Å². The molecule has 0 radical (unpaired) electrons. The van der Waals surface area contributed by atoms with Crippen LogP contribution in [-0.2, 0) is 12.8 Å². The van der Waals surface area contributed by atoms with Gasteiger partial charge in [0.2, 0.25) is 0 Å². The first-order valence-electron chi connectivity index (χ1n) is 6.77. The van der Waals surface area contributed by atoms with E-state index in [-0.39, 0.29) is 11.2 Å². The van der Waals surface area contributed by atoms with Crippen LogP contribution < -0.4 is 0 Å². The molecule has 0 N–H and O–H groups in total. The summed E-state index contributed by atoms with van der Waals surface area (Å²) in [4.78, 5) is 0. The van der Waals surface area contributed by atoms with Crippen molar-refractivity contribution in [1.82, 2.24) is 0 Å². The van der Waals surface area contributed by atoms with Crippen molar-refractivity contribution in [3.05, 3.63) is 68.9 Å². The second-order valence-electron chi connectivity index (χ2n) is 4.78. The molecule has 2 aromatic carbocycles. The van der Waals surface area contributed by atoms with E-state index in [0.717, 1.165) is 24.0 Å². The molecule has 2 aromatic rings. The highest BCUT2D eigenvalue weighted by Crippen LogP contribution is 2.34. The van der Waals surface area contributed by atoms with Crippen molar-refractivity contribution in [2.75, 3.05) is 0 Å². The molecule has 0 saturated heterocycles. The van der Waals surface area contributed by atoms with Gasteiger partial charge in [-0.25, -0.2) is 4.39 Å². The van der Waals surface area contributed by atoms with Gasteiger partial charge in [-0.05, 0) is 63.2 Å². The number of halogens is 3. The van der Waals surface area contributed by atoms with Crippen LogP contribution in [0.2, 0.25) is 0 Å². The molecule has 20 heavy (non-hydrogen) atoms. The predicted octanol–water partition coefficient (Wildman–Crippen LogP) is 6.04. The summed E-state index contributed by atoms with van der Waals surface area (Å²) in [6, 6.07) is 11.4. The van der Waals surface area contributed by atoms with Crippen molar-refractivity contribution in [1.29, 1.82) is 0 Å². The van der Waals surface area contributed by atoms with Gasteiger partial charge < -0.3 is 0 Å². The lowest BCUT2D eigenvalue weighted by Gasteiger charge is -2.16. The van der Waals surface area contributed by atoms with Crippen LogP contribution >= 0.6 is 27.5 Å². The van der Waals surface area contributed by atoms with Crippen molar-refractivity contribution < 1.29 is 4.39 Å². The number of aryl methyl sites for hydroxylation is 2. The van der Waals surface area contributed by atoms with Crippen molar-refractivity contribution in [2.24, 2.45) is 0 Å². The van der Waals surface area contributed by atoms with Gasteiger partial charge in [-0.1, -0.05) is 38.1 Å². The average Bonchev–Trinajstić information content (AvgIpc) is 2.48. The van der Waals surface area contributed by atoms with Crippen LogP contribution in [0, 0.1) is 5.82 Å². The first-order chi connectivity index (χ1) is 9.56. The Labute approximate surface area is 133 Å². The maximum atomic E-state index is 13.3. The van der Waals surface area contributed by atoms with Crippen LogP contribution in [0.4, 0.5) is 4.39 Å². The molecule has 0 aliphatic carbocycles. The molecule has 0 aliphatic heterocycles.